The molecule has 2 aromatic rings. The van der Waals surface area contributed by atoms with Gasteiger partial charge in [0.05, 0.1) is 0 Å². The first kappa shape index (κ1) is 17.1. The quantitative estimate of drug-likeness (QED) is 0.784. The molecular formula is C23H27NO2. The lowest BCUT2D eigenvalue weighted by Crippen LogP contribution is -2.51. The van der Waals surface area contributed by atoms with Crippen LogP contribution in [-0.2, 0) is 4.79 Å². The molecule has 2 fully saturated rings. The van der Waals surface area contributed by atoms with Crippen LogP contribution in [0.2, 0.25) is 0 Å². The van der Waals surface area contributed by atoms with Crippen molar-refractivity contribution in [2.75, 3.05) is 13.2 Å². The average molecular weight is 349 g/mol. The van der Waals surface area contributed by atoms with Crippen LogP contribution >= 0.6 is 0 Å². The van der Waals surface area contributed by atoms with Crippen LogP contribution in [0.15, 0.2) is 54.6 Å². The van der Waals surface area contributed by atoms with E-state index in [2.05, 4.69) is 17.0 Å². The van der Waals surface area contributed by atoms with Gasteiger partial charge in [0.2, 0.25) is 0 Å². The highest BCUT2D eigenvalue weighted by Crippen LogP contribution is 2.35. The molecule has 0 aromatic heterocycles. The van der Waals surface area contributed by atoms with Gasteiger partial charge in [-0.15, -0.1) is 0 Å². The van der Waals surface area contributed by atoms with Gasteiger partial charge in [0.15, 0.2) is 6.61 Å². The molecule has 1 saturated heterocycles. The molecule has 3 nitrogen and oxygen atoms in total. The number of carbonyl (C=O) groups is 1. The zero-order valence-electron chi connectivity index (χ0n) is 15.3. The van der Waals surface area contributed by atoms with Gasteiger partial charge in [-0.3, -0.25) is 4.79 Å². The van der Waals surface area contributed by atoms with Crippen molar-refractivity contribution >= 4 is 5.91 Å². The largest absolute Gasteiger partial charge is 0.483 e. The first-order valence-corrected chi connectivity index (χ1v) is 9.89. The minimum absolute atomic E-state index is 0.132. The fourth-order valence-corrected chi connectivity index (χ4v) is 4.61. The standard InChI is InChI=1S/C23H27NO2/c25-23(24-16-8-12-19-11-4-6-14-21(19)24)17-26-22-15-7-5-13-20(22)18-9-2-1-3-10-18/h1-3,5,7,9-10,13,15,19,21H,4,6,8,11-12,14,16-17H2/t19-,21-/m1/s1. The van der Waals surface area contributed by atoms with E-state index in [1.54, 1.807) is 0 Å². The van der Waals surface area contributed by atoms with Crippen LogP contribution in [0.4, 0.5) is 0 Å². The van der Waals surface area contributed by atoms with Crippen molar-refractivity contribution in [2.45, 2.75) is 44.6 Å². The summed E-state index contributed by atoms with van der Waals surface area (Å²) in [5, 5.41) is 0. The highest BCUT2D eigenvalue weighted by atomic mass is 16.5. The zero-order chi connectivity index (χ0) is 17.8. The van der Waals surface area contributed by atoms with Crippen LogP contribution in [-0.4, -0.2) is 30.0 Å². The third-order valence-electron chi connectivity index (χ3n) is 5.89. The number of likely N-dealkylation sites (tertiary alicyclic amines) is 1. The SMILES string of the molecule is O=C(COc1ccccc1-c1ccccc1)N1CCC[C@H]2CCCC[C@H]21. The number of ether oxygens (including phenoxy) is 1. The molecule has 0 radical (unpaired) electrons. The maximum atomic E-state index is 12.9. The Bertz CT molecular complexity index is 741. The van der Waals surface area contributed by atoms with Crippen molar-refractivity contribution in [3.05, 3.63) is 54.6 Å². The fourth-order valence-electron chi connectivity index (χ4n) is 4.61. The van der Waals surface area contributed by atoms with Crippen LogP contribution in [0, 0.1) is 5.92 Å². The normalized spacial score (nSPS) is 22.5. The van der Waals surface area contributed by atoms with Gasteiger partial charge in [-0.25, -0.2) is 0 Å². The Balaban J connectivity index is 1.45. The lowest BCUT2D eigenvalue weighted by molar-refractivity contribution is -0.139. The van der Waals surface area contributed by atoms with Crippen molar-refractivity contribution in [3.63, 3.8) is 0 Å². The zero-order valence-corrected chi connectivity index (χ0v) is 15.3. The van der Waals surface area contributed by atoms with Crippen LogP contribution in [0.3, 0.4) is 0 Å². The lowest BCUT2D eigenvalue weighted by atomic mass is 9.78. The van der Waals surface area contributed by atoms with Crippen molar-refractivity contribution in [2.24, 2.45) is 5.92 Å². The molecule has 1 amide bonds. The van der Waals surface area contributed by atoms with Crippen molar-refractivity contribution in [1.82, 2.24) is 4.90 Å². The second-order valence-corrected chi connectivity index (χ2v) is 7.49. The van der Waals surface area contributed by atoms with Crippen LogP contribution in [0.5, 0.6) is 5.75 Å². The number of carbonyl (C=O) groups excluding carboxylic acids is 1. The highest BCUT2D eigenvalue weighted by molar-refractivity contribution is 5.79. The maximum Gasteiger partial charge on any atom is 0.260 e. The number of hydrogen-bond acceptors (Lipinski definition) is 2. The Labute approximate surface area is 156 Å². The molecule has 3 heteroatoms. The third-order valence-corrected chi connectivity index (χ3v) is 5.89. The number of amides is 1. The topological polar surface area (TPSA) is 29.5 Å². The van der Waals surface area contributed by atoms with Gasteiger partial charge in [0.25, 0.3) is 5.91 Å². The van der Waals surface area contributed by atoms with E-state index < -0.39 is 0 Å². The fraction of sp³-hybridized carbons (Fsp3) is 0.435. The molecule has 2 aliphatic rings. The van der Waals surface area contributed by atoms with E-state index in [1.807, 2.05) is 42.5 Å². The molecule has 2 aromatic carbocycles. The van der Waals surface area contributed by atoms with Gasteiger partial charge < -0.3 is 9.64 Å². The van der Waals surface area contributed by atoms with Gasteiger partial charge in [0.1, 0.15) is 5.75 Å². The van der Waals surface area contributed by atoms with Gasteiger partial charge in [0, 0.05) is 18.2 Å². The summed E-state index contributed by atoms with van der Waals surface area (Å²) in [6.07, 6.45) is 7.44. The molecular weight excluding hydrogens is 322 g/mol. The average Bonchev–Trinajstić information content (AvgIpc) is 2.72. The van der Waals surface area contributed by atoms with Crippen LogP contribution in [0.1, 0.15) is 38.5 Å². The second-order valence-electron chi connectivity index (χ2n) is 7.49. The molecule has 0 N–H and O–H groups in total. The summed E-state index contributed by atoms with van der Waals surface area (Å²) in [4.78, 5) is 15.0. The molecule has 1 aliphatic carbocycles. The molecule has 0 bridgehead atoms. The van der Waals surface area contributed by atoms with E-state index in [-0.39, 0.29) is 12.5 Å². The molecule has 0 spiro atoms. The highest BCUT2D eigenvalue weighted by Gasteiger charge is 2.35. The van der Waals surface area contributed by atoms with Gasteiger partial charge >= 0.3 is 0 Å². The maximum absolute atomic E-state index is 12.9. The smallest absolute Gasteiger partial charge is 0.260 e. The second kappa shape index (κ2) is 7.94. The van der Waals surface area contributed by atoms with E-state index in [4.69, 9.17) is 4.74 Å². The first-order chi connectivity index (χ1) is 12.8. The molecule has 1 saturated carbocycles. The molecule has 1 heterocycles. The van der Waals surface area contributed by atoms with E-state index in [0.717, 1.165) is 36.3 Å². The van der Waals surface area contributed by atoms with Crippen molar-refractivity contribution in [3.8, 4) is 16.9 Å². The summed E-state index contributed by atoms with van der Waals surface area (Å²) in [5.74, 6) is 1.63. The van der Waals surface area contributed by atoms with Crippen molar-refractivity contribution in [1.29, 1.82) is 0 Å². The minimum Gasteiger partial charge on any atom is -0.483 e. The van der Waals surface area contributed by atoms with E-state index in [0.29, 0.717) is 12.0 Å². The van der Waals surface area contributed by atoms with E-state index in [1.165, 1.54) is 25.7 Å². The summed E-state index contributed by atoms with van der Waals surface area (Å²) >= 11 is 0. The monoisotopic (exact) mass is 349 g/mol. The molecule has 136 valence electrons. The molecule has 2 atom stereocenters. The number of benzene rings is 2. The molecule has 26 heavy (non-hydrogen) atoms. The number of para-hydroxylation sites is 1. The molecule has 4 rings (SSSR count). The number of hydrogen-bond donors (Lipinski definition) is 0. The molecule has 1 aliphatic heterocycles. The summed E-state index contributed by atoms with van der Waals surface area (Å²) in [5.41, 5.74) is 2.15. The Hall–Kier alpha value is -2.29. The van der Waals surface area contributed by atoms with Crippen LogP contribution in [0.25, 0.3) is 11.1 Å². The Morgan fingerprint density at radius 2 is 1.65 bits per heavy atom. The number of fused-ring (bicyclic) bond motifs is 1. The third kappa shape index (κ3) is 3.62. The van der Waals surface area contributed by atoms with Gasteiger partial charge in [-0.2, -0.15) is 0 Å². The predicted octanol–water partition coefficient (Wildman–Crippen LogP) is 4.91. The lowest BCUT2D eigenvalue weighted by Gasteiger charge is -2.44. The summed E-state index contributed by atoms with van der Waals surface area (Å²) in [7, 11) is 0. The number of piperidine rings is 1. The first-order valence-electron chi connectivity index (χ1n) is 9.89. The van der Waals surface area contributed by atoms with Gasteiger partial charge in [-0.05, 0) is 43.2 Å². The summed E-state index contributed by atoms with van der Waals surface area (Å²) in [6.45, 7) is 1.02. The molecule has 0 unspecified atom stereocenters. The Morgan fingerprint density at radius 3 is 2.54 bits per heavy atom. The van der Waals surface area contributed by atoms with Crippen molar-refractivity contribution < 1.29 is 9.53 Å². The van der Waals surface area contributed by atoms with E-state index in [9.17, 15) is 4.79 Å². The van der Waals surface area contributed by atoms with Crippen LogP contribution < -0.4 is 4.74 Å². The summed E-state index contributed by atoms with van der Waals surface area (Å²) in [6, 6.07) is 18.6. The Kier molecular flexibility index (Phi) is 5.24. The minimum atomic E-state index is 0.132. The number of rotatable bonds is 4. The summed E-state index contributed by atoms with van der Waals surface area (Å²) < 4.78 is 6.00. The Morgan fingerprint density at radius 1 is 0.923 bits per heavy atom. The predicted molar refractivity (Wildman–Crippen MR) is 104 cm³/mol. The van der Waals surface area contributed by atoms with E-state index >= 15 is 0 Å². The van der Waals surface area contributed by atoms with Gasteiger partial charge in [-0.1, -0.05) is 61.4 Å². The number of nitrogens with zero attached hydrogens (tertiary/aromatic N) is 1.